The van der Waals surface area contributed by atoms with E-state index in [1.165, 1.54) is 0 Å². The lowest BCUT2D eigenvalue weighted by molar-refractivity contribution is -0.461. The topological polar surface area (TPSA) is 20.3 Å². The summed E-state index contributed by atoms with van der Waals surface area (Å²) in [5, 5.41) is 0. The molecule has 0 bridgehead atoms. The largest absolute Gasteiger partial charge is 0.460 e. The molecule has 38 heavy (non-hydrogen) atoms. The fraction of sp³-hybridized carbons (Fsp3) is 0.947. The second-order valence-electron chi connectivity index (χ2n) is 8.24. The van der Waals surface area contributed by atoms with E-state index in [0.29, 0.717) is 12.8 Å². The third kappa shape index (κ3) is 6.04. The smallest absolute Gasteiger partial charge is 0.343 e. The summed E-state index contributed by atoms with van der Waals surface area (Å²) >= 11 is 0. The number of alkyl halides is 17. The van der Waals surface area contributed by atoms with Crippen LogP contribution in [0.1, 0.15) is 52.4 Å². The van der Waals surface area contributed by atoms with Gasteiger partial charge in [0.15, 0.2) is 0 Å². The molecule has 228 valence electrons. The van der Waals surface area contributed by atoms with Gasteiger partial charge >= 0.3 is 47.6 Å². The van der Waals surface area contributed by atoms with Crippen LogP contribution < -0.4 is 0 Å². The van der Waals surface area contributed by atoms with Crippen LogP contribution in [-0.4, -0.2) is 71.5 Å². The average molecular weight is 603 g/mol. The molecule has 0 saturated heterocycles. The molecule has 0 atom stereocenters. The van der Waals surface area contributed by atoms with Crippen molar-refractivity contribution in [2.24, 2.45) is 0 Å². The number of amides is 1. The predicted molar refractivity (Wildman–Crippen MR) is 96.3 cm³/mol. The maximum atomic E-state index is 14.0. The zero-order valence-corrected chi connectivity index (χ0v) is 19.4. The van der Waals surface area contributed by atoms with Gasteiger partial charge in [-0.2, -0.15) is 74.6 Å². The summed E-state index contributed by atoms with van der Waals surface area (Å²) in [6, 6.07) is 0. The molecule has 0 aromatic rings. The standard InChI is InChI=1S/C19H22F17NO/c1-3-5-9-37(10-6-4-2)11(38)7-8-12(20,21)13(22,23)14(24,25)15(26,27)16(28,29)17(30,31)18(32,33)19(34,35)36/h3-10H2,1-2H3. The van der Waals surface area contributed by atoms with Gasteiger partial charge < -0.3 is 4.90 Å². The first-order valence-electron chi connectivity index (χ1n) is 10.6. The molecule has 19 heteroatoms. The maximum absolute atomic E-state index is 14.0. The molecular formula is C19H22F17NO. The molecule has 0 spiro atoms. The molecule has 0 radical (unpaired) electrons. The van der Waals surface area contributed by atoms with Crippen molar-refractivity contribution in [1.29, 1.82) is 0 Å². The van der Waals surface area contributed by atoms with E-state index in [4.69, 9.17) is 0 Å². The van der Waals surface area contributed by atoms with Crippen molar-refractivity contribution in [1.82, 2.24) is 4.90 Å². The monoisotopic (exact) mass is 603 g/mol. The van der Waals surface area contributed by atoms with Gasteiger partial charge in [-0.15, -0.1) is 0 Å². The molecule has 0 heterocycles. The molecule has 0 rings (SSSR count). The average Bonchev–Trinajstić information content (AvgIpc) is 2.76. The second kappa shape index (κ2) is 11.4. The Bertz CT molecular complexity index is 783. The highest BCUT2D eigenvalue weighted by atomic mass is 19.4. The first kappa shape index (κ1) is 36.3. The minimum Gasteiger partial charge on any atom is -0.343 e. The molecule has 0 N–H and O–H groups in total. The molecule has 0 aliphatic rings. The summed E-state index contributed by atoms with van der Waals surface area (Å²) in [5.74, 6) is -58.0. The van der Waals surface area contributed by atoms with E-state index in [1.807, 2.05) is 0 Å². The highest BCUT2D eigenvalue weighted by molar-refractivity contribution is 5.76. The van der Waals surface area contributed by atoms with Gasteiger partial charge in [-0.1, -0.05) is 26.7 Å². The molecule has 0 unspecified atom stereocenters. The van der Waals surface area contributed by atoms with Gasteiger partial charge in [0.1, 0.15) is 0 Å². The Kier molecular flexibility index (Phi) is 10.9. The van der Waals surface area contributed by atoms with Gasteiger partial charge in [-0.3, -0.25) is 4.79 Å². The first-order valence-corrected chi connectivity index (χ1v) is 10.6. The zero-order valence-electron chi connectivity index (χ0n) is 19.4. The van der Waals surface area contributed by atoms with Crippen molar-refractivity contribution in [3.05, 3.63) is 0 Å². The van der Waals surface area contributed by atoms with Gasteiger partial charge in [0, 0.05) is 25.9 Å². The van der Waals surface area contributed by atoms with E-state index in [1.54, 1.807) is 13.8 Å². The summed E-state index contributed by atoms with van der Waals surface area (Å²) in [5.41, 5.74) is 0. The lowest BCUT2D eigenvalue weighted by Gasteiger charge is -2.42. The molecule has 0 aliphatic carbocycles. The molecule has 0 aliphatic heterocycles. The minimum absolute atomic E-state index is 0.139. The van der Waals surface area contributed by atoms with Crippen molar-refractivity contribution in [3.8, 4) is 0 Å². The Morgan fingerprint density at radius 1 is 0.526 bits per heavy atom. The number of nitrogens with zero attached hydrogens (tertiary/aromatic N) is 1. The van der Waals surface area contributed by atoms with Crippen LogP contribution in [0.2, 0.25) is 0 Å². The predicted octanol–water partition coefficient (Wildman–Crippen LogP) is 8.20. The lowest BCUT2D eigenvalue weighted by atomic mass is 9.88. The normalized spacial score (nSPS) is 15.1. The third-order valence-corrected chi connectivity index (χ3v) is 5.36. The van der Waals surface area contributed by atoms with Gasteiger partial charge in [0.2, 0.25) is 5.91 Å². The van der Waals surface area contributed by atoms with Crippen LogP contribution in [0.5, 0.6) is 0 Å². The Balaban J connectivity index is 6.27. The van der Waals surface area contributed by atoms with Crippen LogP contribution in [0, 0.1) is 0 Å². The van der Waals surface area contributed by atoms with E-state index in [2.05, 4.69) is 0 Å². The van der Waals surface area contributed by atoms with Crippen molar-refractivity contribution >= 4 is 5.91 Å². The van der Waals surface area contributed by atoms with E-state index < -0.39 is 66.4 Å². The van der Waals surface area contributed by atoms with Crippen molar-refractivity contribution in [3.63, 3.8) is 0 Å². The van der Waals surface area contributed by atoms with E-state index >= 15 is 0 Å². The number of rotatable bonds is 15. The highest BCUT2D eigenvalue weighted by Crippen LogP contribution is 2.64. The van der Waals surface area contributed by atoms with Crippen LogP contribution in [0.3, 0.4) is 0 Å². The van der Waals surface area contributed by atoms with Crippen molar-refractivity contribution in [2.45, 2.75) is 100 Å². The highest BCUT2D eigenvalue weighted by Gasteiger charge is 2.95. The van der Waals surface area contributed by atoms with Gasteiger partial charge in [-0.25, -0.2) is 0 Å². The maximum Gasteiger partial charge on any atom is 0.460 e. The van der Waals surface area contributed by atoms with Gasteiger partial charge in [0.05, 0.1) is 0 Å². The van der Waals surface area contributed by atoms with Crippen LogP contribution in [0.15, 0.2) is 0 Å². The summed E-state index contributed by atoms with van der Waals surface area (Å²) in [6.45, 7) is 2.95. The molecule has 2 nitrogen and oxygen atoms in total. The number of hydrogen-bond acceptors (Lipinski definition) is 1. The fourth-order valence-electron chi connectivity index (χ4n) is 2.83. The number of halogens is 17. The summed E-state index contributed by atoms with van der Waals surface area (Å²) in [7, 11) is 0. The Labute approximate surface area is 204 Å². The van der Waals surface area contributed by atoms with Crippen LogP contribution in [-0.2, 0) is 4.79 Å². The summed E-state index contributed by atoms with van der Waals surface area (Å²) < 4.78 is 226. The Morgan fingerprint density at radius 3 is 1.16 bits per heavy atom. The Morgan fingerprint density at radius 2 is 0.842 bits per heavy atom. The molecule has 0 aromatic heterocycles. The molecular weight excluding hydrogens is 581 g/mol. The molecule has 0 fully saturated rings. The number of unbranched alkanes of at least 4 members (excludes halogenated alkanes) is 2. The number of carbonyl (C=O) groups is 1. The van der Waals surface area contributed by atoms with Crippen molar-refractivity contribution < 1.29 is 79.4 Å². The first-order chi connectivity index (χ1) is 16.7. The van der Waals surface area contributed by atoms with E-state index in [9.17, 15) is 79.4 Å². The van der Waals surface area contributed by atoms with E-state index in [-0.39, 0.29) is 25.9 Å². The molecule has 0 saturated carbocycles. The summed E-state index contributed by atoms with van der Waals surface area (Å²) in [6.07, 6.45) is -10.9. The van der Waals surface area contributed by atoms with E-state index in [0.717, 1.165) is 4.90 Å². The zero-order chi connectivity index (χ0) is 30.8. The van der Waals surface area contributed by atoms with Crippen LogP contribution >= 0.6 is 0 Å². The fourth-order valence-corrected chi connectivity index (χ4v) is 2.83. The number of hydrogen-bond donors (Lipinski definition) is 0. The van der Waals surface area contributed by atoms with Crippen LogP contribution in [0.4, 0.5) is 74.6 Å². The van der Waals surface area contributed by atoms with Crippen molar-refractivity contribution in [2.75, 3.05) is 13.1 Å². The Hall–Kier alpha value is -1.72. The molecule has 0 aromatic carbocycles. The number of carbonyl (C=O) groups excluding carboxylic acids is 1. The quantitative estimate of drug-likeness (QED) is 0.173. The SMILES string of the molecule is CCCCN(CCCC)C(=O)CCC(F)(F)C(F)(F)C(F)(F)C(F)(F)C(F)(F)C(F)(F)C(F)(F)C(F)(F)F. The van der Waals surface area contributed by atoms with Gasteiger partial charge in [-0.05, 0) is 12.8 Å². The van der Waals surface area contributed by atoms with Crippen LogP contribution in [0.25, 0.3) is 0 Å². The van der Waals surface area contributed by atoms with Gasteiger partial charge in [0.25, 0.3) is 0 Å². The minimum atomic E-state index is -8.66. The lowest BCUT2D eigenvalue weighted by Crippen LogP contribution is -2.74. The summed E-state index contributed by atoms with van der Waals surface area (Å²) in [4.78, 5) is 12.9. The molecule has 1 amide bonds. The second-order valence-corrected chi connectivity index (χ2v) is 8.24. The third-order valence-electron chi connectivity index (χ3n) is 5.36.